The molecule has 2 amide bonds. The number of nitrogens with one attached hydrogen (secondary N) is 2. The number of halogens is 1. The van der Waals surface area contributed by atoms with Crippen LogP contribution in [0.5, 0.6) is 0 Å². The Hall–Kier alpha value is -4.28. The minimum absolute atomic E-state index is 0.0896. The third kappa shape index (κ3) is 6.16. The van der Waals surface area contributed by atoms with E-state index >= 15 is 0 Å². The molecule has 2 N–H and O–H groups in total. The summed E-state index contributed by atoms with van der Waals surface area (Å²) in [6.07, 6.45) is 2.23. The van der Waals surface area contributed by atoms with E-state index < -0.39 is 35.4 Å². The fourth-order valence-electron chi connectivity index (χ4n) is 4.14. The number of H-pyrrole nitrogens is 1. The van der Waals surface area contributed by atoms with E-state index in [0.717, 1.165) is 12.5 Å². The van der Waals surface area contributed by atoms with Gasteiger partial charge in [-0.05, 0) is 58.7 Å². The largest absolute Gasteiger partial charge is 0.461 e. The molecule has 2 aromatic heterocycles. The fourth-order valence-corrected chi connectivity index (χ4v) is 4.14. The summed E-state index contributed by atoms with van der Waals surface area (Å²) in [6.45, 7) is 7.80. The monoisotopic (exact) mass is 523 g/mol. The highest BCUT2D eigenvalue weighted by molar-refractivity contribution is 6.04. The quantitative estimate of drug-likeness (QED) is 0.430. The van der Waals surface area contributed by atoms with Crippen LogP contribution in [0.25, 0.3) is 11.3 Å². The van der Waals surface area contributed by atoms with Crippen molar-refractivity contribution in [2.24, 2.45) is 0 Å². The Labute approximate surface area is 219 Å². The zero-order chi connectivity index (χ0) is 27.4. The van der Waals surface area contributed by atoms with Crippen LogP contribution in [0.4, 0.5) is 15.0 Å². The Morgan fingerprint density at radius 1 is 1.18 bits per heavy atom. The molecule has 38 heavy (non-hydrogen) atoms. The lowest BCUT2D eigenvalue weighted by atomic mass is 10.1. The average Bonchev–Trinajstić information content (AvgIpc) is 3.51. The molecule has 0 saturated carbocycles. The summed E-state index contributed by atoms with van der Waals surface area (Å²) in [5.74, 6) is -1.03. The first kappa shape index (κ1) is 26.8. The van der Waals surface area contributed by atoms with Crippen LogP contribution in [0.1, 0.15) is 73.2 Å². The van der Waals surface area contributed by atoms with Gasteiger partial charge in [0, 0.05) is 29.9 Å². The van der Waals surface area contributed by atoms with Crippen LogP contribution in [0.15, 0.2) is 42.6 Å². The van der Waals surface area contributed by atoms with Gasteiger partial charge < -0.3 is 19.8 Å². The molecule has 0 spiro atoms. The number of pyridine rings is 1. The predicted molar refractivity (Wildman–Crippen MR) is 137 cm³/mol. The Bertz CT molecular complexity index is 1330. The molecular formula is C27H30FN5O5. The van der Waals surface area contributed by atoms with Crippen LogP contribution in [0.2, 0.25) is 0 Å². The number of nitrogens with zero attached hydrogens (tertiary/aromatic N) is 3. The minimum Gasteiger partial charge on any atom is -0.461 e. The highest BCUT2D eigenvalue weighted by Crippen LogP contribution is 2.34. The van der Waals surface area contributed by atoms with Gasteiger partial charge in [-0.3, -0.25) is 9.69 Å². The number of carbonyl (C=O) groups excluding carboxylic acids is 3. The molecule has 0 aliphatic carbocycles. The van der Waals surface area contributed by atoms with Gasteiger partial charge in [-0.1, -0.05) is 12.1 Å². The second-order valence-electron chi connectivity index (χ2n) is 9.79. The average molecular weight is 524 g/mol. The Morgan fingerprint density at radius 2 is 1.92 bits per heavy atom. The topological polar surface area (TPSA) is 127 Å². The van der Waals surface area contributed by atoms with Crippen molar-refractivity contribution in [2.75, 3.05) is 18.5 Å². The van der Waals surface area contributed by atoms with Crippen LogP contribution in [-0.2, 0) is 9.47 Å². The second-order valence-corrected chi connectivity index (χ2v) is 9.79. The number of imidazole rings is 1. The van der Waals surface area contributed by atoms with E-state index in [1.54, 1.807) is 56.9 Å². The maximum atomic E-state index is 13.4. The Balaban J connectivity index is 1.61. The van der Waals surface area contributed by atoms with Gasteiger partial charge >= 0.3 is 12.1 Å². The maximum Gasteiger partial charge on any atom is 0.410 e. The molecule has 1 fully saturated rings. The van der Waals surface area contributed by atoms with Crippen molar-refractivity contribution in [3.63, 3.8) is 0 Å². The third-order valence-corrected chi connectivity index (χ3v) is 5.78. The van der Waals surface area contributed by atoms with Gasteiger partial charge in [0.1, 0.15) is 28.8 Å². The number of amides is 2. The molecule has 3 aromatic rings. The standard InChI is InChI=1S/C27H30FN5O5/c1-5-37-25(35)22-21(31-23(32-22)19-7-6-14-33(19)26(36)38-27(2,3)4)16-8-10-17(11-9-16)24(34)30-20-15-18(28)12-13-29-20/h8-13,15,19H,5-7,14H2,1-4H3,(H,31,32)(H,29,30,34)/t19-/m0/s1. The molecule has 1 atom stereocenters. The summed E-state index contributed by atoms with van der Waals surface area (Å²) in [6, 6.07) is 8.34. The van der Waals surface area contributed by atoms with E-state index in [2.05, 4.69) is 20.3 Å². The SMILES string of the molecule is CCOC(=O)c1[nH]c([C@@H]2CCCN2C(=O)OC(C)(C)C)nc1-c1ccc(C(=O)Nc2cc(F)ccn2)cc1. The number of hydrogen-bond donors (Lipinski definition) is 2. The first-order chi connectivity index (χ1) is 18.1. The molecule has 1 aromatic carbocycles. The van der Waals surface area contributed by atoms with Crippen LogP contribution >= 0.6 is 0 Å². The van der Waals surface area contributed by atoms with Crippen molar-refractivity contribution in [3.05, 3.63) is 65.5 Å². The van der Waals surface area contributed by atoms with Crippen LogP contribution in [0.3, 0.4) is 0 Å². The summed E-state index contributed by atoms with van der Waals surface area (Å²) in [4.78, 5) is 51.5. The maximum absolute atomic E-state index is 13.4. The number of anilines is 1. The van der Waals surface area contributed by atoms with E-state index in [1.165, 1.54) is 12.3 Å². The third-order valence-electron chi connectivity index (χ3n) is 5.78. The molecule has 11 heteroatoms. The molecule has 1 aliphatic rings. The van der Waals surface area contributed by atoms with Crippen molar-refractivity contribution in [1.29, 1.82) is 0 Å². The smallest absolute Gasteiger partial charge is 0.410 e. The molecule has 200 valence electrons. The molecule has 4 rings (SSSR count). The highest BCUT2D eigenvalue weighted by Gasteiger charge is 2.36. The molecule has 0 radical (unpaired) electrons. The summed E-state index contributed by atoms with van der Waals surface area (Å²) < 4.78 is 24.2. The summed E-state index contributed by atoms with van der Waals surface area (Å²) in [5.41, 5.74) is 0.721. The molecule has 10 nitrogen and oxygen atoms in total. The lowest BCUT2D eigenvalue weighted by molar-refractivity contribution is 0.0218. The number of rotatable bonds is 6. The van der Waals surface area contributed by atoms with E-state index in [0.29, 0.717) is 35.6 Å². The summed E-state index contributed by atoms with van der Waals surface area (Å²) >= 11 is 0. The van der Waals surface area contributed by atoms with Crippen molar-refractivity contribution in [3.8, 4) is 11.3 Å². The number of ether oxygens (including phenoxy) is 2. The lowest BCUT2D eigenvalue weighted by Crippen LogP contribution is -2.36. The number of likely N-dealkylation sites (tertiary alicyclic amines) is 1. The number of aromatic amines is 1. The molecule has 3 heterocycles. The second kappa shape index (κ2) is 11.0. The van der Waals surface area contributed by atoms with Crippen LogP contribution < -0.4 is 5.32 Å². The van der Waals surface area contributed by atoms with E-state index in [-0.39, 0.29) is 18.1 Å². The Kier molecular flexibility index (Phi) is 7.75. The first-order valence-electron chi connectivity index (χ1n) is 12.4. The van der Waals surface area contributed by atoms with Crippen molar-refractivity contribution in [1.82, 2.24) is 19.9 Å². The van der Waals surface area contributed by atoms with E-state index in [1.807, 2.05) is 0 Å². The van der Waals surface area contributed by atoms with Gasteiger partial charge in [-0.25, -0.2) is 23.9 Å². The number of carbonyl (C=O) groups is 3. The van der Waals surface area contributed by atoms with Crippen LogP contribution in [-0.4, -0.2) is 56.6 Å². The van der Waals surface area contributed by atoms with Crippen molar-refractivity contribution < 1.29 is 28.2 Å². The van der Waals surface area contributed by atoms with Gasteiger partial charge in [0.25, 0.3) is 5.91 Å². The molecular weight excluding hydrogens is 493 g/mol. The predicted octanol–water partition coefficient (Wildman–Crippen LogP) is 5.11. The number of hydrogen-bond acceptors (Lipinski definition) is 7. The first-order valence-corrected chi connectivity index (χ1v) is 12.4. The normalized spacial score (nSPS) is 15.3. The summed E-state index contributed by atoms with van der Waals surface area (Å²) in [7, 11) is 0. The van der Waals surface area contributed by atoms with Crippen LogP contribution in [0, 0.1) is 5.82 Å². The molecule has 0 unspecified atom stereocenters. The van der Waals surface area contributed by atoms with E-state index in [4.69, 9.17) is 9.47 Å². The number of aromatic nitrogens is 3. The lowest BCUT2D eigenvalue weighted by Gasteiger charge is -2.27. The van der Waals surface area contributed by atoms with Crippen molar-refractivity contribution in [2.45, 2.75) is 52.2 Å². The molecule has 0 bridgehead atoms. The zero-order valence-corrected chi connectivity index (χ0v) is 21.7. The summed E-state index contributed by atoms with van der Waals surface area (Å²) in [5, 5.41) is 2.54. The van der Waals surface area contributed by atoms with Gasteiger partial charge in [-0.15, -0.1) is 0 Å². The molecule has 1 saturated heterocycles. The van der Waals surface area contributed by atoms with Gasteiger partial charge in [0.15, 0.2) is 5.69 Å². The van der Waals surface area contributed by atoms with Gasteiger partial charge in [-0.2, -0.15) is 0 Å². The fraction of sp³-hybridized carbons (Fsp3) is 0.370. The van der Waals surface area contributed by atoms with Gasteiger partial charge in [0.05, 0.1) is 12.6 Å². The Morgan fingerprint density at radius 3 is 2.58 bits per heavy atom. The minimum atomic E-state index is -0.645. The van der Waals surface area contributed by atoms with Gasteiger partial charge in [0.2, 0.25) is 0 Å². The number of esters is 1. The number of benzene rings is 1. The highest BCUT2D eigenvalue weighted by atomic mass is 19.1. The molecule has 1 aliphatic heterocycles. The zero-order valence-electron chi connectivity index (χ0n) is 21.7. The van der Waals surface area contributed by atoms with E-state index in [9.17, 15) is 18.8 Å². The van der Waals surface area contributed by atoms with Crippen molar-refractivity contribution >= 4 is 23.8 Å².